The maximum absolute atomic E-state index is 12.0. The number of fused-ring (bicyclic) bond motifs is 1. The minimum Gasteiger partial charge on any atom is -0.463 e. The molecule has 4 rings (SSSR count). The first-order chi connectivity index (χ1) is 16.3. The molecule has 2 fully saturated rings. The molecule has 2 aromatic rings. The highest BCUT2D eigenvalue weighted by molar-refractivity contribution is 7.71. The van der Waals surface area contributed by atoms with Gasteiger partial charge in [-0.3, -0.25) is 19.0 Å². The number of rotatable bonds is 6. The molecule has 0 unspecified atom stereocenters. The van der Waals surface area contributed by atoms with E-state index in [9.17, 15) is 14.4 Å². The topological polar surface area (TPSA) is 147 Å². The third kappa shape index (κ3) is 4.88. The zero-order valence-corrected chi connectivity index (χ0v) is 19.7. The zero-order valence-electron chi connectivity index (χ0n) is 18.9. The molecule has 0 radical (unpaired) electrons. The normalized spacial score (nSPS) is 24.7. The van der Waals surface area contributed by atoms with Gasteiger partial charge in [-0.15, -0.1) is 0 Å². The molecule has 0 aromatic carbocycles. The van der Waals surface area contributed by atoms with Crippen molar-refractivity contribution in [3.63, 3.8) is 0 Å². The van der Waals surface area contributed by atoms with Gasteiger partial charge in [0.1, 0.15) is 23.9 Å². The summed E-state index contributed by atoms with van der Waals surface area (Å²) in [6, 6.07) is 0. The van der Waals surface area contributed by atoms with E-state index < -0.39 is 42.4 Å². The Morgan fingerprint density at radius 1 is 1.12 bits per heavy atom. The molecule has 0 aliphatic carbocycles. The van der Waals surface area contributed by atoms with Crippen molar-refractivity contribution in [3.05, 3.63) is 11.0 Å². The molecule has 2 saturated heterocycles. The summed E-state index contributed by atoms with van der Waals surface area (Å²) >= 11 is 5.37. The fourth-order valence-corrected chi connectivity index (χ4v) is 4.24. The Labute approximate surface area is 199 Å². The second-order valence-corrected chi connectivity index (χ2v) is 8.19. The predicted molar refractivity (Wildman–Crippen MR) is 117 cm³/mol. The first-order valence-corrected chi connectivity index (χ1v) is 11.1. The van der Waals surface area contributed by atoms with E-state index in [0.29, 0.717) is 43.4 Å². The van der Waals surface area contributed by atoms with E-state index in [4.69, 9.17) is 40.9 Å². The van der Waals surface area contributed by atoms with Crippen molar-refractivity contribution in [3.8, 4) is 0 Å². The number of anilines is 1. The van der Waals surface area contributed by atoms with Gasteiger partial charge in [0.2, 0.25) is 5.95 Å². The second kappa shape index (κ2) is 10.0. The van der Waals surface area contributed by atoms with Crippen LogP contribution in [0.25, 0.3) is 11.2 Å². The van der Waals surface area contributed by atoms with Gasteiger partial charge in [-0.25, -0.2) is 9.97 Å². The Kier molecular flexibility index (Phi) is 7.09. The molecule has 4 atom stereocenters. The van der Waals surface area contributed by atoms with Crippen LogP contribution >= 0.6 is 12.2 Å². The van der Waals surface area contributed by atoms with E-state index in [2.05, 4.69) is 9.97 Å². The van der Waals surface area contributed by atoms with Crippen LogP contribution in [0.3, 0.4) is 0 Å². The Bertz CT molecular complexity index is 1140. The summed E-state index contributed by atoms with van der Waals surface area (Å²) in [6.45, 7) is 5.62. The van der Waals surface area contributed by atoms with E-state index in [1.807, 2.05) is 4.90 Å². The van der Waals surface area contributed by atoms with Crippen LogP contribution in [0.15, 0.2) is 6.33 Å². The Balaban J connectivity index is 1.84. The highest BCUT2D eigenvalue weighted by Gasteiger charge is 2.52. The van der Waals surface area contributed by atoms with Gasteiger partial charge in [-0.05, 0) is 0 Å². The molecule has 0 spiro atoms. The third-order valence-corrected chi connectivity index (χ3v) is 5.67. The van der Waals surface area contributed by atoms with Gasteiger partial charge in [0.15, 0.2) is 23.1 Å². The van der Waals surface area contributed by atoms with Crippen molar-refractivity contribution >= 4 is 47.2 Å². The van der Waals surface area contributed by atoms with E-state index in [1.165, 1.54) is 27.1 Å². The number of carbonyl (C=O) groups excluding carboxylic acids is 3. The molecule has 4 heterocycles. The first-order valence-electron chi connectivity index (χ1n) is 10.7. The van der Waals surface area contributed by atoms with Gasteiger partial charge in [-0.1, -0.05) is 12.2 Å². The number of nitrogens with one attached hydrogen (secondary N) is 1. The number of aromatic amines is 1. The summed E-state index contributed by atoms with van der Waals surface area (Å²) in [7, 11) is 0. The van der Waals surface area contributed by atoms with Gasteiger partial charge < -0.3 is 33.6 Å². The molecular formula is C20H25N5O8S. The van der Waals surface area contributed by atoms with E-state index in [-0.39, 0.29) is 11.2 Å². The number of nitrogens with zero attached hydrogens (tertiary/aromatic N) is 4. The lowest BCUT2D eigenvalue weighted by molar-refractivity contribution is -0.166. The summed E-state index contributed by atoms with van der Waals surface area (Å²) in [5.74, 6) is -1.25. The molecule has 0 amide bonds. The number of esters is 3. The summed E-state index contributed by atoms with van der Waals surface area (Å²) in [5, 5.41) is 0. The minimum absolute atomic E-state index is 0.210. The van der Waals surface area contributed by atoms with Crippen LogP contribution < -0.4 is 4.90 Å². The molecule has 2 aromatic heterocycles. The van der Waals surface area contributed by atoms with Crippen molar-refractivity contribution in [1.82, 2.24) is 19.5 Å². The minimum atomic E-state index is -1.06. The maximum Gasteiger partial charge on any atom is 0.303 e. The average molecular weight is 496 g/mol. The molecule has 184 valence electrons. The van der Waals surface area contributed by atoms with Gasteiger partial charge in [-0.2, -0.15) is 0 Å². The first kappa shape index (κ1) is 24.0. The Hall–Kier alpha value is -3.10. The maximum atomic E-state index is 12.0. The van der Waals surface area contributed by atoms with E-state index in [1.54, 1.807) is 4.57 Å². The SMILES string of the molecule is CC(=O)OC[C@H]1O[C@@H](n2c(N3CCOCC3)nc3c(=S)nc[nH]c32)[C@H](OC(C)=O)[C@@H]1OC(C)=O. The molecule has 34 heavy (non-hydrogen) atoms. The summed E-state index contributed by atoms with van der Waals surface area (Å²) in [4.78, 5) is 49.2. The number of aromatic nitrogens is 4. The number of H-pyrrole nitrogens is 1. The Morgan fingerprint density at radius 2 is 1.79 bits per heavy atom. The fraction of sp³-hybridized carbons (Fsp3) is 0.600. The molecule has 2 aliphatic rings. The van der Waals surface area contributed by atoms with Crippen LogP contribution in [-0.2, 0) is 38.1 Å². The number of imidazole rings is 1. The standard InChI is InChI=1S/C20H25N5O8S/c1-10(26)30-8-13-15(31-11(2)27)16(32-12(3)28)19(33-13)25-17-14(18(34)22-9-21-17)23-20(25)24-4-6-29-7-5-24/h9,13,15-16,19H,4-8H2,1-3H3,(H,21,22,34)/t13-,15-,16-,19-/m1/s1. The fourth-order valence-electron chi connectivity index (χ4n) is 4.05. The molecule has 2 aliphatic heterocycles. The summed E-state index contributed by atoms with van der Waals surface area (Å²) in [6.07, 6.45) is -2.55. The van der Waals surface area contributed by atoms with Crippen molar-refractivity contribution in [2.24, 2.45) is 0 Å². The van der Waals surface area contributed by atoms with Crippen molar-refractivity contribution in [2.75, 3.05) is 37.8 Å². The van der Waals surface area contributed by atoms with Crippen LogP contribution in [0, 0.1) is 4.64 Å². The predicted octanol–water partition coefficient (Wildman–Crippen LogP) is 0.649. The lowest BCUT2D eigenvalue weighted by atomic mass is 10.1. The Morgan fingerprint density at radius 3 is 2.44 bits per heavy atom. The van der Waals surface area contributed by atoms with Crippen LogP contribution in [0.4, 0.5) is 5.95 Å². The lowest BCUT2D eigenvalue weighted by Gasteiger charge is -2.31. The largest absolute Gasteiger partial charge is 0.463 e. The number of carbonyl (C=O) groups is 3. The summed E-state index contributed by atoms with van der Waals surface area (Å²) in [5.41, 5.74) is 0.912. The lowest BCUT2D eigenvalue weighted by Crippen LogP contribution is -2.42. The molecular weight excluding hydrogens is 470 g/mol. The van der Waals surface area contributed by atoms with Gasteiger partial charge >= 0.3 is 17.9 Å². The zero-order chi connectivity index (χ0) is 24.4. The van der Waals surface area contributed by atoms with Crippen molar-refractivity contribution in [1.29, 1.82) is 0 Å². The quantitative estimate of drug-likeness (QED) is 0.341. The van der Waals surface area contributed by atoms with Crippen LogP contribution in [0.1, 0.15) is 27.0 Å². The van der Waals surface area contributed by atoms with Gasteiger partial charge in [0, 0.05) is 33.9 Å². The number of ether oxygens (including phenoxy) is 5. The monoisotopic (exact) mass is 495 g/mol. The van der Waals surface area contributed by atoms with E-state index >= 15 is 0 Å². The number of hydrogen-bond acceptors (Lipinski definition) is 12. The number of morpholine rings is 1. The van der Waals surface area contributed by atoms with Gasteiger partial charge in [0.05, 0.1) is 19.5 Å². The third-order valence-electron chi connectivity index (χ3n) is 5.37. The van der Waals surface area contributed by atoms with E-state index in [0.717, 1.165) is 0 Å². The van der Waals surface area contributed by atoms with Crippen LogP contribution in [-0.4, -0.2) is 88.6 Å². The average Bonchev–Trinajstić information content (AvgIpc) is 3.32. The van der Waals surface area contributed by atoms with Crippen molar-refractivity contribution < 1.29 is 38.1 Å². The molecule has 0 saturated carbocycles. The highest BCUT2D eigenvalue weighted by atomic mass is 32.1. The molecule has 13 nitrogen and oxygen atoms in total. The van der Waals surface area contributed by atoms with Gasteiger partial charge in [0.25, 0.3) is 0 Å². The van der Waals surface area contributed by atoms with Crippen LogP contribution in [0.5, 0.6) is 0 Å². The second-order valence-electron chi connectivity index (χ2n) is 7.80. The number of hydrogen-bond donors (Lipinski definition) is 1. The smallest absolute Gasteiger partial charge is 0.303 e. The highest BCUT2D eigenvalue weighted by Crippen LogP contribution is 2.39. The van der Waals surface area contributed by atoms with Crippen LogP contribution in [0.2, 0.25) is 0 Å². The molecule has 14 heteroatoms. The summed E-state index contributed by atoms with van der Waals surface area (Å²) < 4.78 is 29.9. The van der Waals surface area contributed by atoms with Crippen molar-refractivity contribution in [2.45, 2.75) is 45.3 Å². The molecule has 1 N–H and O–H groups in total. The molecule has 0 bridgehead atoms.